The SMILES string of the molecule is C=C1CC(=N)C2=C(C)c3cnc(OC[C@@]45CCCN4C[C@H](F)C5)nc3C23CC13C. The minimum Gasteiger partial charge on any atom is -0.461 e. The number of alkyl halides is 1. The lowest BCUT2D eigenvalue weighted by Gasteiger charge is -2.31. The Bertz CT molecular complexity index is 1020. The van der Waals surface area contributed by atoms with Crippen molar-refractivity contribution >= 4 is 11.3 Å². The molecule has 3 heterocycles. The van der Waals surface area contributed by atoms with Crippen LogP contribution in [0.5, 0.6) is 6.01 Å². The second-order valence-corrected chi connectivity index (χ2v) is 9.95. The molecule has 6 rings (SSSR count). The summed E-state index contributed by atoms with van der Waals surface area (Å²) >= 11 is 0. The maximum atomic E-state index is 14.0. The van der Waals surface area contributed by atoms with Gasteiger partial charge in [-0.25, -0.2) is 9.37 Å². The van der Waals surface area contributed by atoms with E-state index in [2.05, 4.69) is 30.3 Å². The van der Waals surface area contributed by atoms with E-state index >= 15 is 0 Å². The summed E-state index contributed by atoms with van der Waals surface area (Å²) in [5, 5.41) is 8.60. The predicted octanol–water partition coefficient (Wildman–Crippen LogP) is 3.85. The number of ether oxygens (including phenoxy) is 1. The third-order valence-electron chi connectivity index (χ3n) is 8.52. The summed E-state index contributed by atoms with van der Waals surface area (Å²) in [4.78, 5) is 11.6. The van der Waals surface area contributed by atoms with Crippen molar-refractivity contribution in [2.45, 2.75) is 63.1 Å². The number of fused-ring (bicyclic) bond motifs is 2. The molecule has 5 aliphatic rings. The van der Waals surface area contributed by atoms with Crippen molar-refractivity contribution in [1.29, 1.82) is 5.41 Å². The molecule has 1 aromatic heterocycles. The molecule has 1 spiro atoms. The molecule has 152 valence electrons. The third kappa shape index (κ3) is 2.01. The van der Waals surface area contributed by atoms with Gasteiger partial charge in [-0.3, -0.25) is 4.90 Å². The standard InChI is InChI=1S/C23H27FN4O/c1-13-7-17(25)18-14(2)16-9-26-20(27-19(16)23(18)11-21(13,23)3)29-12-22-5-4-6-28(22)10-15(24)8-22/h9,15,25H,1,4-8,10-12H2,2-3H3/t15-,21?,22+,23?/m1/s1. The van der Waals surface area contributed by atoms with Crippen molar-refractivity contribution in [2.75, 3.05) is 19.7 Å². The van der Waals surface area contributed by atoms with E-state index in [-0.39, 0.29) is 16.4 Å². The summed E-state index contributed by atoms with van der Waals surface area (Å²) < 4.78 is 20.1. The van der Waals surface area contributed by atoms with Gasteiger partial charge in [0.25, 0.3) is 0 Å². The summed E-state index contributed by atoms with van der Waals surface area (Å²) in [5.41, 5.74) is 5.65. The number of rotatable bonds is 3. The van der Waals surface area contributed by atoms with Crippen LogP contribution >= 0.6 is 0 Å². The minimum atomic E-state index is -0.764. The van der Waals surface area contributed by atoms with Crippen LogP contribution in [-0.2, 0) is 5.41 Å². The minimum absolute atomic E-state index is 0.0289. The number of nitrogens with one attached hydrogen (secondary N) is 1. The van der Waals surface area contributed by atoms with Gasteiger partial charge in [0.15, 0.2) is 0 Å². The zero-order valence-corrected chi connectivity index (χ0v) is 17.1. The number of hydrogen-bond donors (Lipinski definition) is 1. The second kappa shape index (κ2) is 5.34. The van der Waals surface area contributed by atoms with Crippen LogP contribution in [0, 0.1) is 10.8 Å². The largest absolute Gasteiger partial charge is 0.461 e. The van der Waals surface area contributed by atoms with E-state index in [1.165, 1.54) is 0 Å². The Labute approximate surface area is 170 Å². The van der Waals surface area contributed by atoms with Gasteiger partial charge < -0.3 is 10.1 Å². The van der Waals surface area contributed by atoms with Crippen molar-refractivity contribution in [3.8, 4) is 6.01 Å². The van der Waals surface area contributed by atoms with Gasteiger partial charge in [-0.05, 0) is 43.9 Å². The van der Waals surface area contributed by atoms with Crippen molar-refractivity contribution in [3.63, 3.8) is 0 Å². The maximum Gasteiger partial charge on any atom is 0.316 e. The summed E-state index contributed by atoms with van der Waals surface area (Å²) in [7, 11) is 0. The van der Waals surface area contributed by atoms with Crippen LogP contribution in [0.25, 0.3) is 5.57 Å². The Kier molecular flexibility index (Phi) is 3.27. The smallest absolute Gasteiger partial charge is 0.316 e. The fourth-order valence-electron chi connectivity index (χ4n) is 6.86. The van der Waals surface area contributed by atoms with Gasteiger partial charge in [-0.15, -0.1) is 0 Å². The molecule has 4 fully saturated rings. The van der Waals surface area contributed by atoms with Crippen LogP contribution < -0.4 is 4.74 Å². The van der Waals surface area contributed by atoms with Crippen molar-refractivity contribution < 1.29 is 9.13 Å². The van der Waals surface area contributed by atoms with Gasteiger partial charge >= 0.3 is 6.01 Å². The molecule has 6 heteroatoms. The molecule has 0 amide bonds. The zero-order chi connectivity index (χ0) is 20.2. The van der Waals surface area contributed by atoms with Crippen molar-refractivity contribution in [3.05, 3.63) is 35.2 Å². The lowest BCUT2D eigenvalue weighted by Crippen LogP contribution is -2.43. The summed E-state index contributed by atoms with van der Waals surface area (Å²) in [6.45, 7) is 10.5. The molecule has 0 radical (unpaired) electrons. The lowest BCUT2D eigenvalue weighted by atomic mass is 9.73. The predicted molar refractivity (Wildman–Crippen MR) is 109 cm³/mol. The first-order chi connectivity index (χ1) is 13.8. The molecular weight excluding hydrogens is 367 g/mol. The van der Waals surface area contributed by atoms with E-state index in [9.17, 15) is 4.39 Å². The normalized spacial score (nSPS) is 40.0. The van der Waals surface area contributed by atoms with Gasteiger partial charge in [-0.1, -0.05) is 19.1 Å². The van der Waals surface area contributed by atoms with E-state index in [4.69, 9.17) is 15.1 Å². The fourth-order valence-corrected chi connectivity index (χ4v) is 6.86. The monoisotopic (exact) mass is 394 g/mol. The number of hydrogen-bond acceptors (Lipinski definition) is 5. The average molecular weight is 394 g/mol. The molecule has 2 saturated heterocycles. The highest BCUT2D eigenvalue weighted by Gasteiger charge is 2.74. The Morgan fingerprint density at radius 3 is 3.10 bits per heavy atom. The van der Waals surface area contributed by atoms with Gasteiger partial charge in [0.2, 0.25) is 0 Å². The van der Waals surface area contributed by atoms with Crippen LogP contribution in [0.1, 0.15) is 57.2 Å². The van der Waals surface area contributed by atoms with Gasteiger partial charge in [0.1, 0.15) is 12.8 Å². The fraction of sp³-hybridized carbons (Fsp3) is 0.609. The average Bonchev–Trinajstić information content (AvgIpc) is 2.89. The molecule has 1 aromatic rings. The maximum absolute atomic E-state index is 14.0. The molecule has 0 bridgehead atoms. The Morgan fingerprint density at radius 2 is 2.28 bits per heavy atom. The van der Waals surface area contributed by atoms with Gasteiger partial charge in [0.05, 0.1) is 16.6 Å². The van der Waals surface area contributed by atoms with Gasteiger partial charge in [-0.2, -0.15) is 4.98 Å². The Balaban J connectivity index is 1.33. The quantitative estimate of drug-likeness (QED) is 0.791. The van der Waals surface area contributed by atoms with Crippen molar-refractivity contribution in [2.24, 2.45) is 5.41 Å². The number of halogens is 1. The molecule has 3 aliphatic carbocycles. The first-order valence-electron chi connectivity index (χ1n) is 10.7. The second-order valence-electron chi connectivity index (χ2n) is 9.95. The molecule has 29 heavy (non-hydrogen) atoms. The van der Waals surface area contributed by atoms with E-state index in [1.807, 2.05) is 6.20 Å². The molecule has 5 nitrogen and oxygen atoms in total. The molecule has 1 N–H and O–H groups in total. The Morgan fingerprint density at radius 1 is 1.45 bits per heavy atom. The number of nitrogens with zero attached hydrogens (tertiary/aromatic N) is 3. The van der Waals surface area contributed by atoms with Crippen LogP contribution in [0.4, 0.5) is 4.39 Å². The molecule has 0 aromatic carbocycles. The number of allylic oxidation sites excluding steroid dienone is 3. The first-order valence-corrected chi connectivity index (χ1v) is 10.7. The zero-order valence-electron chi connectivity index (χ0n) is 17.1. The topological polar surface area (TPSA) is 62.1 Å². The van der Waals surface area contributed by atoms with E-state index in [1.54, 1.807) is 0 Å². The third-order valence-corrected chi connectivity index (χ3v) is 8.52. The highest BCUT2D eigenvalue weighted by Crippen LogP contribution is 2.77. The number of aromatic nitrogens is 2. The first kappa shape index (κ1) is 17.8. The highest BCUT2D eigenvalue weighted by molar-refractivity contribution is 6.13. The summed E-state index contributed by atoms with van der Waals surface area (Å²) in [6, 6.07) is 0.382. The van der Waals surface area contributed by atoms with Crippen molar-refractivity contribution in [1.82, 2.24) is 14.9 Å². The van der Waals surface area contributed by atoms with Crippen LogP contribution in [0.15, 0.2) is 23.9 Å². The van der Waals surface area contributed by atoms with E-state index in [0.29, 0.717) is 37.7 Å². The van der Waals surface area contributed by atoms with Crippen LogP contribution in [-0.4, -0.2) is 52.0 Å². The van der Waals surface area contributed by atoms with E-state index < -0.39 is 6.17 Å². The van der Waals surface area contributed by atoms with E-state index in [0.717, 1.165) is 53.8 Å². The Hall–Kier alpha value is -2.08. The molecule has 2 saturated carbocycles. The van der Waals surface area contributed by atoms with Gasteiger partial charge in [0, 0.05) is 42.3 Å². The molecule has 2 aliphatic heterocycles. The van der Waals surface area contributed by atoms with Crippen LogP contribution in [0.2, 0.25) is 0 Å². The summed E-state index contributed by atoms with van der Waals surface area (Å²) in [5.74, 6) is 0. The molecule has 4 atom stereocenters. The van der Waals surface area contributed by atoms with Crippen LogP contribution in [0.3, 0.4) is 0 Å². The molecule has 2 unspecified atom stereocenters. The lowest BCUT2D eigenvalue weighted by molar-refractivity contribution is 0.107. The highest BCUT2D eigenvalue weighted by atomic mass is 19.1. The molecular formula is C23H27FN4O. The summed E-state index contributed by atoms with van der Waals surface area (Å²) in [6.07, 6.45) is 5.32.